The van der Waals surface area contributed by atoms with Crippen molar-refractivity contribution >= 4 is 17.7 Å². The predicted molar refractivity (Wildman–Crippen MR) is 97.5 cm³/mol. The van der Waals surface area contributed by atoms with E-state index in [2.05, 4.69) is 12.2 Å². The number of benzene rings is 2. The van der Waals surface area contributed by atoms with Crippen LogP contribution in [0.4, 0.5) is 5.69 Å². The highest BCUT2D eigenvalue weighted by molar-refractivity contribution is 6.01. The van der Waals surface area contributed by atoms with Gasteiger partial charge in [0.25, 0.3) is 0 Å². The molecule has 1 amide bonds. The zero-order chi connectivity index (χ0) is 17.2. The van der Waals surface area contributed by atoms with Crippen molar-refractivity contribution in [3.8, 4) is 11.5 Å². The summed E-state index contributed by atoms with van der Waals surface area (Å²) in [5, 5.41) is 2.82. The monoisotopic (exact) mass is 325 g/mol. The molecular formula is C20H23NO3. The predicted octanol–water partition coefficient (Wildman–Crippen LogP) is 4.53. The number of rotatable bonds is 8. The van der Waals surface area contributed by atoms with Gasteiger partial charge in [0.2, 0.25) is 5.91 Å². The number of hydrogen-bond donors (Lipinski definition) is 1. The third-order valence-electron chi connectivity index (χ3n) is 3.43. The highest BCUT2D eigenvalue weighted by Gasteiger charge is 1.99. The quantitative estimate of drug-likeness (QED) is 0.573. The summed E-state index contributed by atoms with van der Waals surface area (Å²) in [6.45, 7) is 2.84. The SMILES string of the molecule is CCCCOc1ccc(NC(=O)/C=C/c2ccc(OC)cc2)cc1. The minimum Gasteiger partial charge on any atom is -0.497 e. The van der Waals surface area contributed by atoms with Crippen LogP contribution in [0, 0.1) is 0 Å². The Bertz CT molecular complexity index is 660. The van der Waals surface area contributed by atoms with Gasteiger partial charge in [0.05, 0.1) is 13.7 Å². The van der Waals surface area contributed by atoms with Gasteiger partial charge in [-0.25, -0.2) is 0 Å². The molecule has 0 saturated carbocycles. The van der Waals surface area contributed by atoms with Crippen LogP contribution >= 0.6 is 0 Å². The normalized spacial score (nSPS) is 10.6. The molecule has 0 atom stereocenters. The second-order valence-corrected chi connectivity index (χ2v) is 5.32. The van der Waals surface area contributed by atoms with Crippen LogP contribution in [-0.4, -0.2) is 19.6 Å². The average molecular weight is 325 g/mol. The van der Waals surface area contributed by atoms with E-state index in [1.807, 2.05) is 48.5 Å². The Labute approximate surface area is 143 Å². The lowest BCUT2D eigenvalue weighted by atomic mass is 10.2. The van der Waals surface area contributed by atoms with Crippen LogP contribution in [0.15, 0.2) is 54.6 Å². The van der Waals surface area contributed by atoms with E-state index in [1.54, 1.807) is 13.2 Å². The van der Waals surface area contributed by atoms with Gasteiger partial charge in [0, 0.05) is 11.8 Å². The molecule has 0 aliphatic carbocycles. The maximum absolute atomic E-state index is 12.0. The summed E-state index contributed by atoms with van der Waals surface area (Å²) < 4.78 is 10.7. The molecule has 0 unspecified atom stereocenters. The van der Waals surface area contributed by atoms with Gasteiger partial charge >= 0.3 is 0 Å². The van der Waals surface area contributed by atoms with Crippen LogP contribution in [0.3, 0.4) is 0 Å². The van der Waals surface area contributed by atoms with Crippen molar-refractivity contribution in [2.75, 3.05) is 19.0 Å². The summed E-state index contributed by atoms with van der Waals surface area (Å²) in [6, 6.07) is 14.9. The second-order valence-electron chi connectivity index (χ2n) is 5.32. The number of methoxy groups -OCH3 is 1. The van der Waals surface area contributed by atoms with Gasteiger partial charge in [-0.2, -0.15) is 0 Å². The summed E-state index contributed by atoms with van der Waals surface area (Å²) >= 11 is 0. The first kappa shape index (κ1) is 17.6. The van der Waals surface area contributed by atoms with E-state index in [0.717, 1.165) is 35.6 Å². The Hall–Kier alpha value is -2.75. The lowest BCUT2D eigenvalue weighted by Gasteiger charge is -2.07. The Kier molecular flexibility index (Phi) is 6.90. The number of ether oxygens (including phenoxy) is 2. The zero-order valence-electron chi connectivity index (χ0n) is 14.1. The number of nitrogens with one attached hydrogen (secondary N) is 1. The van der Waals surface area contributed by atoms with Gasteiger partial charge in [-0.3, -0.25) is 4.79 Å². The van der Waals surface area contributed by atoms with Gasteiger partial charge in [-0.1, -0.05) is 25.5 Å². The molecular weight excluding hydrogens is 302 g/mol. The first-order valence-corrected chi connectivity index (χ1v) is 8.07. The molecule has 0 bridgehead atoms. The molecule has 0 aliphatic heterocycles. The molecule has 4 heteroatoms. The Morgan fingerprint density at radius 1 is 1.04 bits per heavy atom. The minimum atomic E-state index is -0.175. The lowest BCUT2D eigenvalue weighted by molar-refractivity contribution is -0.111. The van der Waals surface area contributed by atoms with Crippen LogP contribution in [0.5, 0.6) is 11.5 Å². The maximum Gasteiger partial charge on any atom is 0.248 e. The Morgan fingerprint density at radius 2 is 1.71 bits per heavy atom. The Balaban J connectivity index is 1.85. The molecule has 0 heterocycles. The van der Waals surface area contributed by atoms with E-state index in [4.69, 9.17) is 9.47 Å². The van der Waals surface area contributed by atoms with Crippen molar-refractivity contribution in [1.29, 1.82) is 0 Å². The molecule has 4 nitrogen and oxygen atoms in total. The fourth-order valence-corrected chi connectivity index (χ4v) is 2.04. The molecule has 0 fully saturated rings. The van der Waals surface area contributed by atoms with Gasteiger partial charge in [0.15, 0.2) is 0 Å². The minimum absolute atomic E-state index is 0.175. The molecule has 0 spiro atoms. The highest BCUT2D eigenvalue weighted by Crippen LogP contribution is 2.16. The molecule has 24 heavy (non-hydrogen) atoms. The van der Waals surface area contributed by atoms with Gasteiger partial charge in [-0.05, 0) is 54.5 Å². The molecule has 0 radical (unpaired) electrons. The summed E-state index contributed by atoms with van der Waals surface area (Å²) in [7, 11) is 1.62. The van der Waals surface area contributed by atoms with Crippen LogP contribution in [0.2, 0.25) is 0 Å². The molecule has 0 aliphatic rings. The molecule has 1 N–H and O–H groups in total. The third kappa shape index (κ3) is 5.80. The zero-order valence-corrected chi connectivity index (χ0v) is 14.1. The van der Waals surface area contributed by atoms with Crippen molar-refractivity contribution in [1.82, 2.24) is 0 Å². The van der Waals surface area contributed by atoms with Crippen molar-refractivity contribution in [3.05, 3.63) is 60.2 Å². The van der Waals surface area contributed by atoms with Crippen molar-refractivity contribution < 1.29 is 14.3 Å². The summed E-state index contributed by atoms with van der Waals surface area (Å²) in [6.07, 6.45) is 5.41. The summed E-state index contributed by atoms with van der Waals surface area (Å²) in [5.41, 5.74) is 1.67. The van der Waals surface area contributed by atoms with E-state index in [1.165, 1.54) is 6.08 Å². The van der Waals surface area contributed by atoms with Crippen LogP contribution in [-0.2, 0) is 4.79 Å². The van der Waals surface area contributed by atoms with E-state index >= 15 is 0 Å². The van der Waals surface area contributed by atoms with E-state index in [9.17, 15) is 4.79 Å². The third-order valence-corrected chi connectivity index (χ3v) is 3.43. The van der Waals surface area contributed by atoms with E-state index in [-0.39, 0.29) is 5.91 Å². The number of carbonyl (C=O) groups is 1. The van der Waals surface area contributed by atoms with Crippen LogP contribution in [0.25, 0.3) is 6.08 Å². The molecule has 2 aromatic rings. The Morgan fingerprint density at radius 3 is 2.33 bits per heavy atom. The topological polar surface area (TPSA) is 47.6 Å². The second kappa shape index (κ2) is 9.40. The summed E-state index contributed by atoms with van der Waals surface area (Å²) in [4.78, 5) is 12.0. The number of carbonyl (C=O) groups excluding carboxylic acids is 1. The first-order chi connectivity index (χ1) is 11.7. The maximum atomic E-state index is 12.0. The largest absolute Gasteiger partial charge is 0.497 e. The number of unbranched alkanes of at least 4 members (excludes halogenated alkanes) is 1. The molecule has 126 valence electrons. The van der Waals surface area contributed by atoms with E-state index < -0.39 is 0 Å². The molecule has 0 saturated heterocycles. The first-order valence-electron chi connectivity index (χ1n) is 8.07. The fourth-order valence-electron chi connectivity index (χ4n) is 2.04. The van der Waals surface area contributed by atoms with Gasteiger partial charge < -0.3 is 14.8 Å². The number of hydrogen-bond acceptors (Lipinski definition) is 3. The fraction of sp³-hybridized carbons (Fsp3) is 0.250. The number of anilines is 1. The standard InChI is InChI=1S/C20H23NO3/c1-3-4-15-24-19-12-8-17(9-13-19)21-20(22)14-7-16-5-10-18(23-2)11-6-16/h5-14H,3-4,15H2,1-2H3,(H,21,22)/b14-7+. The van der Waals surface area contributed by atoms with E-state index in [0.29, 0.717) is 6.61 Å². The highest BCUT2D eigenvalue weighted by atomic mass is 16.5. The van der Waals surface area contributed by atoms with Crippen LogP contribution in [0.1, 0.15) is 25.3 Å². The van der Waals surface area contributed by atoms with Gasteiger partial charge in [0.1, 0.15) is 11.5 Å². The summed E-state index contributed by atoms with van der Waals surface area (Å²) in [5.74, 6) is 1.43. The molecule has 0 aromatic heterocycles. The van der Waals surface area contributed by atoms with Gasteiger partial charge in [-0.15, -0.1) is 0 Å². The van der Waals surface area contributed by atoms with Crippen molar-refractivity contribution in [3.63, 3.8) is 0 Å². The van der Waals surface area contributed by atoms with Crippen molar-refractivity contribution in [2.24, 2.45) is 0 Å². The van der Waals surface area contributed by atoms with Crippen LogP contribution < -0.4 is 14.8 Å². The average Bonchev–Trinajstić information content (AvgIpc) is 2.62. The number of amides is 1. The molecule has 2 aromatic carbocycles. The van der Waals surface area contributed by atoms with Crippen molar-refractivity contribution in [2.45, 2.75) is 19.8 Å². The lowest BCUT2D eigenvalue weighted by Crippen LogP contribution is -2.07. The smallest absolute Gasteiger partial charge is 0.248 e. The molecule has 2 rings (SSSR count).